The van der Waals surface area contributed by atoms with Gasteiger partial charge in [0.05, 0.1) is 34.4 Å². The molecule has 0 aliphatic rings. The van der Waals surface area contributed by atoms with Crippen LogP contribution >= 0.6 is 0 Å². The Kier molecular flexibility index (Phi) is 44.2. The summed E-state index contributed by atoms with van der Waals surface area (Å²) in [6, 6.07) is -0.613. The lowest BCUT2D eigenvalue weighted by atomic mass is 10.0. The molecule has 1 N–H and O–H groups in total. The largest absolute Gasteiger partial charge is 0.477 e. The molecule has 0 bridgehead atoms. The summed E-state index contributed by atoms with van der Waals surface area (Å²) in [5, 5.41) is 9.66. The van der Waals surface area contributed by atoms with Crippen molar-refractivity contribution in [1.82, 2.24) is 0 Å². The van der Waals surface area contributed by atoms with Crippen LogP contribution in [0.3, 0.4) is 0 Å². The van der Waals surface area contributed by atoms with Crippen LogP contribution in [0.2, 0.25) is 0 Å². The fourth-order valence-corrected chi connectivity index (χ4v) is 8.27. The number of carboxylic acid groups (broad SMARTS) is 1. The zero-order valence-electron chi connectivity index (χ0n) is 41.9. The van der Waals surface area contributed by atoms with Gasteiger partial charge in [0.25, 0.3) is 0 Å². The molecule has 0 saturated heterocycles. The number of likely N-dealkylation sites (N-methyl/N-ethyl adjacent to an activating group) is 1. The number of carbonyl (C=O) groups is 3. The first-order valence-corrected chi connectivity index (χ1v) is 26.7. The lowest BCUT2D eigenvalue weighted by Gasteiger charge is -2.31. The highest BCUT2D eigenvalue weighted by atomic mass is 16.6. The molecule has 2 unspecified atom stereocenters. The number of rotatable bonds is 49. The SMILES string of the molecule is CCCCCCCCCCC/C=C/CCCCCCCC(=O)OC(COCCC(C(=O)O)[N+](C)(C)C)COC(=O)CCCCCCCCCCCCCCCCCCCCCC. The summed E-state index contributed by atoms with van der Waals surface area (Å²) >= 11 is 0. The molecule has 0 aliphatic heterocycles. The monoisotopic (exact) mass is 879 g/mol. The maximum Gasteiger partial charge on any atom is 0.362 e. The number of nitrogens with zero attached hydrogens (tertiary/aromatic N) is 1. The van der Waals surface area contributed by atoms with Crippen LogP contribution in [0, 0.1) is 0 Å². The molecule has 8 heteroatoms. The van der Waals surface area contributed by atoms with Gasteiger partial charge in [-0.3, -0.25) is 9.59 Å². The minimum atomic E-state index is -0.871. The van der Waals surface area contributed by atoms with Gasteiger partial charge in [-0.1, -0.05) is 219 Å². The topological polar surface area (TPSA) is 99.1 Å². The van der Waals surface area contributed by atoms with E-state index in [1.165, 1.54) is 180 Å². The molecule has 8 nitrogen and oxygen atoms in total. The van der Waals surface area contributed by atoms with Crippen LogP contribution in [0.5, 0.6) is 0 Å². The van der Waals surface area contributed by atoms with Gasteiger partial charge in [-0.25, -0.2) is 4.79 Å². The van der Waals surface area contributed by atoms with E-state index in [0.29, 0.717) is 19.3 Å². The van der Waals surface area contributed by atoms with Gasteiger partial charge in [0.1, 0.15) is 6.61 Å². The van der Waals surface area contributed by atoms with E-state index in [2.05, 4.69) is 26.0 Å². The normalized spacial score (nSPS) is 12.9. The number of quaternary nitrogens is 1. The molecule has 0 spiro atoms. The molecule has 366 valence electrons. The van der Waals surface area contributed by atoms with E-state index < -0.39 is 18.1 Å². The van der Waals surface area contributed by atoms with Gasteiger partial charge in [-0.2, -0.15) is 0 Å². The predicted molar refractivity (Wildman–Crippen MR) is 262 cm³/mol. The van der Waals surface area contributed by atoms with Crippen molar-refractivity contribution in [2.45, 2.75) is 276 Å². The molecule has 0 radical (unpaired) electrons. The number of carbonyl (C=O) groups excluding carboxylic acids is 2. The Hall–Kier alpha value is -1.93. The van der Waals surface area contributed by atoms with Crippen molar-refractivity contribution in [3.8, 4) is 0 Å². The van der Waals surface area contributed by atoms with E-state index in [9.17, 15) is 19.5 Å². The zero-order valence-corrected chi connectivity index (χ0v) is 41.9. The highest BCUT2D eigenvalue weighted by Crippen LogP contribution is 2.17. The molecule has 2 atom stereocenters. The highest BCUT2D eigenvalue weighted by Gasteiger charge is 2.31. The van der Waals surface area contributed by atoms with Crippen molar-refractivity contribution >= 4 is 17.9 Å². The van der Waals surface area contributed by atoms with Gasteiger partial charge < -0.3 is 23.8 Å². The fraction of sp³-hybridized carbons (Fsp3) is 0.907. The summed E-state index contributed by atoms with van der Waals surface area (Å²) in [4.78, 5) is 37.2. The Morgan fingerprint density at radius 1 is 0.468 bits per heavy atom. The first-order valence-electron chi connectivity index (χ1n) is 26.7. The lowest BCUT2D eigenvalue weighted by Crippen LogP contribution is -2.50. The minimum absolute atomic E-state index is 0.0475. The molecule has 0 amide bonds. The quantitative estimate of drug-likeness (QED) is 0.0281. The van der Waals surface area contributed by atoms with Gasteiger partial charge in [-0.05, 0) is 38.5 Å². The van der Waals surface area contributed by atoms with Gasteiger partial charge in [-0.15, -0.1) is 0 Å². The molecule has 62 heavy (non-hydrogen) atoms. The van der Waals surface area contributed by atoms with Crippen LogP contribution in [0.25, 0.3) is 0 Å². The third kappa shape index (κ3) is 43.3. The first kappa shape index (κ1) is 60.1. The van der Waals surface area contributed by atoms with Crippen molar-refractivity contribution in [2.75, 3.05) is 41.0 Å². The van der Waals surface area contributed by atoms with Crippen molar-refractivity contribution in [3.05, 3.63) is 12.2 Å². The van der Waals surface area contributed by atoms with Gasteiger partial charge in [0.15, 0.2) is 12.1 Å². The van der Waals surface area contributed by atoms with Crippen LogP contribution in [-0.4, -0.2) is 80.6 Å². The fourth-order valence-electron chi connectivity index (χ4n) is 8.27. The third-order valence-electron chi connectivity index (χ3n) is 12.4. The number of ether oxygens (including phenoxy) is 3. The van der Waals surface area contributed by atoms with E-state index in [1.807, 2.05) is 21.1 Å². The molecule has 0 heterocycles. The number of unbranched alkanes of at least 4 members (excludes halogenated alkanes) is 33. The Balaban J connectivity index is 4.19. The molecule has 0 aromatic carbocycles. The van der Waals surface area contributed by atoms with Gasteiger partial charge in [0, 0.05) is 19.3 Å². The maximum absolute atomic E-state index is 12.8. The van der Waals surface area contributed by atoms with Crippen molar-refractivity contribution in [3.63, 3.8) is 0 Å². The highest BCUT2D eigenvalue weighted by molar-refractivity contribution is 5.72. The molecular weight excluding hydrogens is 775 g/mol. The summed E-state index contributed by atoms with van der Waals surface area (Å²) in [5.41, 5.74) is 0. The summed E-state index contributed by atoms with van der Waals surface area (Å²) < 4.78 is 17.4. The summed E-state index contributed by atoms with van der Waals surface area (Å²) in [6.07, 6.45) is 51.2. The molecule has 0 rings (SSSR count). The second-order valence-corrected chi connectivity index (χ2v) is 19.5. The molecule has 0 saturated carbocycles. The van der Waals surface area contributed by atoms with E-state index in [0.717, 1.165) is 51.4 Å². The molecule has 0 aliphatic carbocycles. The zero-order chi connectivity index (χ0) is 45.6. The second-order valence-electron chi connectivity index (χ2n) is 19.5. The Morgan fingerprint density at radius 3 is 1.16 bits per heavy atom. The number of aliphatic carboxylic acids is 1. The number of hydrogen-bond acceptors (Lipinski definition) is 6. The Morgan fingerprint density at radius 2 is 0.806 bits per heavy atom. The number of carboxylic acids is 1. The number of hydrogen-bond donors (Lipinski definition) is 1. The van der Waals surface area contributed by atoms with E-state index in [4.69, 9.17) is 14.2 Å². The standard InChI is InChI=1S/C54H103NO7/c1-6-8-10-12-14-16-18-20-22-24-26-27-29-30-32-34-36-38-40-42-44-52(56)61-49-50(48-60-47-46-51(54(58)59)55(3,4)5)62-53(57)45-43-41-39-37-35-33-31-28-25-23-21-19-17-15-13-11-9-7-2/h28,31,50-51H,6-27,29-30,32-49H2,1-5H3/p+1/b31-28+. The number of allylic oxidation sites excluding steroid dienone is 2. The maximum atomic E-state index is 12.8. The average Bonchev–Trinajstić information content (AvgIpc) is 3.23. The molecule has 0 fully saturated rings. The van der Waals surface area contributed by atoms with Gasteiger partial charge in [0.2, 0.25) is 0 Å². The van der Waals surface area contributed by atoms with Crippen LogP contribution in [-0.2, 0) is 28.6 Å². The first-order chi connectivity index (χ1) is 30.1. The second kappa shape index (κ2) is 45.6. The lowest BCUT2D eigenvalue weighted by molar-refractivity contribution is -0.887. The Bertz CT molecular complexity index is 1020. The number of esters is 2. The molecule has 0 aromatic rings. The van der Waals surface area contributed by atoms with Crippen molar-refractivity contribution < 1.29 is 38.2 Å². The average molecular weight is 879 g/mol. The molecular formula is C54H104NO7+. The van der Waals surface area contributed by atoms with Crippen LogP contribution < -0.4 is 0 Å². The van der Waals surface area contributed by atoms with E-state index in [1.54, 1.807) is 0 Å². The predicted octanol–water partition coefficient (Wildman–Crippen LogP) is 15.4. The van der Waals surface area contributed by atoms with E-state index in [-0.39, 0.29) is 36.2 Å². The summed E-state index contributed by atoms with van der Waals surface area (Å²) in [7, 11) is 5.55. The van der Waals surface area contributed by atoms with Crippen LogP contribution in [0.1, 0.15) is 264 Å². The van der Waals surface area contributed by atoms with Crippen LogP contribution in [0.15, 0.2) is 12.2 Å². The smallest absolute Gasteiger partial charge is 0.362 e. The molecule has 0 aromatic heterocycles. The van der Waals surface area contributed by atoms with Crippen molar-refractivity contribution in [1.29, 1.82) is 0 Å². The van der Waals surface area contributed by atoms with Gasteiger partial charge >= 0.3 is 17.9 Å². The van der Waals surface area contributed by atoms with Crippen molar-refractivity contribution in [2.24, 2.45) is 0 Å². The minimum Gasteiger partial charge on any atom is -0.477 e. The summed E-state index contributed by atoms with van der Waals surface area (Å²) in [5.74, 6) is -1.45. The summed E-state index contributed by atoms with van der Waals surface area (Å²) in [6.45, 7) is 4.78. The van der Waals surface area contributed by atoms with Crippen LogP contribution in [0.4, 0.5) is 0 Å². The third-order valence-corrected chi connectivity index (χ3v) is 12.4. The van der Waals surface area contributed by atoms with E-state index >= 15 is 0 Å². The Labute approximate surface area is 384 Å².